The molecular formula is C104H72F12N6O12. The number of rotatable bonds is 8. The van der Waals surface area contributed by atoms with E-state index in [1.165, 1.54) is 68.1 Å². The molecule has 0 aromatic heterocycles. The summed E-state index contributed by atoms with van der Waals surface area (Å²) in [5.74, 6) is -7.11. The molecule has 17 aromatic carbocycles. The molecule has 6 heterocycles. The fraction of sp³-hybridized carbons (Fsp3) is 0.192. The molecular weight excluding hydrogens is 1750 g/mol. The summed E-state index contributed by atoms with van der Waals surface area (Å²) in [5, 5.41) is 15.2. The van der Waals surface area contributed by atoms with E-state index in [0.717, 1.165) is 64.6 Å². The van der Waals surface area contributed by atoms with E-state index < -0.39 is 82.0 Å². The summed E-state index contributed by atoms with van der Waals surface area (Å²) >= 11 is 0. The van der Waals surface area contributed by atoms with Gasteiger partial charge in [-0.2, -0.15) is 52.7 Å². The minimum absolute atomic E-state index is 0.00617. The summed E-state index contributed by atoms with van der Waals surface area (Å²) < 4.78 is 165. The monoisotopic (exact) mass is 1820 g/mol. The lowest BCUT2D eigenvalue weighted by atomic mass is 9.82. The number of alkyl halides is 12. The normalized spacial score (nSPS) is 14.9. The molecule has 12 amide bonds. The molecule has 6 aliphatic rings. The summed E-state index contributed by atoms with van der Waals surface area (Å²) in [6, 6.07) is 40.9. The summed E-state index contributed by atoms with van der Waals surface area (Å²) in [4.78, 5) is 167. The molecule has 0 spiro atoms. The number of imide groups is 6. The number of anilines is 2. The van der Waals surface area contributed by atoms with Gasteiger partial charge in [0.1, 0.15) is 0 Å². The number of benzene rings is 17. The lowest BCUT2D eigenvalue weighted by molar-refractivity contribution is -0.144. The number of halogens is 12. The van der Waals surface area contributed by atoms with Gasteiger partial charge in [0.05, 0.1) is 33.6 Å². The maximum atomic E-state index is 13.9. The van der Waals surface area contributed by atoms with Crippen LogP contribution < -0.4 is 9.80 Å². The zero-order valence-electron chi connectivity index (χ0n) is 72.7. The van der Waals surface area contributed by atoms with Crippen molar-refractivity contribution in [3.8, 4) is 0 Å². The standard InChI is InChI=1S/C40H14F12N2O4.C30H22N2O4.C28H18N2O4.3C2H6/c41-37(42,43)15-9-16(38(44,45)46)12-19(11-15)53-33(55)25-5-1-21-22-2-6-27-32-28(8-4-24(30(22)32)23-3-7-26(34(53)56)31(25)29(21)23)36(58)54(35(27)57)20-13-17(39(47,48)49)10-18(14-20)40(50,51)52;1-3-13-31-27(33)19-9-5-15-17-7-11-21-26-22(30(36)32(14-4-2)29(21)35)12-8-18(24(17)26)16-6-10-20(28(31)34)25(19)23(15)16;1-3-29-25(31)17-9-5-13-15-7-11-19-24-20(28(34)30(4-2)27(19)33)12-8-16(22(15)24)14-6-10-18(26(29)32)23(17)21(13)14;3*1-2/h1-14H;5-12H,3-4,13-14H2,1-2H3;5-12H,3-4H2,1-2H3;3*1-2H3. The maximum absolute atomic E-state index is 13.9. The van der Waals surface area contributed by atoms with Crippen LogP contribution in [0.5, 0.6) is 0 Å². The van der Waals surface area contributed by atoms with E-state index >= 15 is 0 Å². The number of carbonyl (C=O) groups excluding carboxylic acids is 12. The molecule has 0 bridgehead atoms. The van der Waals surface area contributed by atoms with Crippen LogP contribution in [-0.4, -0.2) is 117 Å². The van der Waals surface area contributed by atoms with Crippen LogP contribution in [0.4, 0.5) is 64.1 Å². The first-order valence-electron chi connectivity index (χ1n) is 43.3. The molecule has 0 saturated heterocycles. The molecule has 18 nitrogen and oxygen atoms in total. The zero-order chi connectivity index (χ0) is 96.1. The lowest BCUT2D eigenvalue weighted by Crippen LogP contribution is -2.41. The van der Waals surface area contributed by atoms with Gasteiger partial charge in [-0.25, -0.2) is 9.80 Å². The second-order valence-corrected chi connectivity index (χ2v) is 32.1. The van der Waals surface area contributed by atoms with Crippen molar-refractivity contribution in [2.75, 3.05) is 36.0 Å². The van der Waals surface area contributed by atoms with E-state index in [-0.39, 0.29) is 137 Å². The van der Waals surface area contributed by atoms with Gasteiger partial charge in [-0.1, -0.05) is 128 Å². The van der Waals surface area contributed by atoms with Crippen molar-refractivity contribution in [3.63, 3.8) is 0 Å². The predicted octanol–water partition coefficient (Wildman–Crippen LogP) is 25.2. The van der Waals surface area contributed by atoms with Gasteiger partial charge in [-0.05, 0) is 233 Å². The molecule has 0 N–H and O–H groups in total. The Labute approximate surface area is 751 Å². The van der Waals surface area contributed by atoms with Gasteiger partial charge in [0.25, 0.3) is 70.9 Å². The van der Waals surface area contributed by atoms with E-state index in [2.05, 4.69) is 0 Å². The van der Waals surface area contributed by atoms with Crippen LogP contribution in [0.3, 0.4) is 0 Å². The van der Waals surface area contributed by atoms with E-state index in [1.807, 2.05) is 128 Å². The van der Waals surface area contributed by atoms with Crippen LogP contribution in [0.25, 0.3) is 129 Å². The van der Waals surface area contributed by atoms with Gasteiger partial charge in [-0.15, -0.1) is 0 Å². The number of hydrogen-bond donors (Lipinski definition) is 0. The van der Waals surface area contributed by atoms with Crippen molar-refractivity contribution in [1.82, 2.24) is 19.6 Å². The Morgan fingerprint density at radius 1 is 0.194 bits per heavy atom. The van der Waals surface area contributed by atoms with Crippen molar-refractivity contribution in [2.45, 2.75) is 107 Å². The largest absolute Gasteiger partial charge is 0.416 e. The highest BCUT2D eigenvalue weighted by atomic mass is 19.4. The predicted molar refractivity (Wildman–Crippen MR) is 486 cm³/mol. The average molecular weight is 1830 g/mol. The first-order chi connectivity index (χ1) is 63.9. The molecule has 0 unspecified atom stereocenters. The number of hydrogen-bond acceptors (Lipinski definition) is 12. The molecule has 17 aromatic rings. The highest BCUT2D eigenvalue weighted by molar-refractivity contribution is 6.48. The van der Waals surface area contributed by atoms with Gasteiger partial charge >= 0.3 is 24.7 Å². The minimum Gasteiger partial charge on any atom is -0.275 e. The number of fused-ring (bicyclic) bond motifs is 6. The number of carbonyl (C=O) groups is 12. The Hall–Kier alpha value is -15.4. The van der Waals surface area contributed by atoms with E-state index in [0.29, 0.717) is 127 Å². The molecule has 30 heteroatoms. The van der Waals surface area contributed by atoms with Gasteiger partial charge in [0.15, 0.2) is 0 Å². The Balaban J connectivity index is 0.000000137. The van der Waals surface area contributed by atoms with Crippen LogP contribution in [0.1, 0.15) is 229 Å². The molecule has 0 fully saturated rings. The van der Waals surface area contributed by atoms with Gasteiger partial charge in [0.2, 0.25) is 0 Å². The summed E-state index contributed by atoms with van der Waals surface area (Å²) in [7, 11) is 0. The summed E-state index contributed by atoms with van der Waals surface area (Å²) in [6.45, 7) is 20.9. The molecule has 0 radical (unpaired) electrons. The van der Waals surface area contributed by atoms with Crippen LogP contribution in [0.15, 0.2) is 182 Å². The smallest absolute Gasteiger partial charge is 0.275 e. The highest BCUT2D eigenvalue weighted by Gasteiger charge is 2.47. The van der Waals surface area contributed by atoms with E-state index in [4.69, 9.17) is 0 Å². The summed E-state index contributed by atoms with van der Waals surface area (Å²) in [6.07, 6.45) is -19.7. The third-order valence-corrected chi connectivity index (χ3v) is 25.4. The average Bonchev–Trinajstić information content (AvgIpc) is 0.693. The van der Waals surface area contributed by atoms with Crippen LogP contribution in [-0.2, 0) is 24.7 Å². The number of amides is 12. The Kier molecular flexibility index (Phi) is 21.1. The Morgan fingerprint density at radius 3 is 0.470 bits per heavy atom. The second-order valence-electron chi connectivity index (χ2n) is 32.1. The zero-order valence-corrected chi connectivity index (χ0v) is 72.7. The lowest BCUT2D eigenvalue weighted by Gasteiger charge is -2.31. The molecule has 0 saturated carbocycles. The fourth-order valence-corrected chi connectivity index (χ4v) is 20.0. The van der Waals surface area contributed by atoms with E-state index in [9.17, 15) is 110 Å². The minimum atomic E-state index is -5.28. The third-order valence-electron chi connectivity index (χ3n) is 25.4. The van der Waals surface area contributed by atoms with Crippen molar-refractivity contribution in [3.05, 3.63) is 271 Å². The first kappa shape index (κ1) is 89.2. The maximum Gasteiger partial charge on any atom is 0.416 e. The quantitative estimate of drug-likeness (QED) is 0.0599. The number of nitrogens with zero attached hydrogens (tertiary/aromatic N) is 6. The molecule has 134 heavy (non-hydrogen) atoms. The van der Waals surface area contributed by atoms with Crippen LogP contribution in [0.2, 0.25) is 0 Å². The van der Waals surface area contributed by atoms with Crippen molar-refractivity contribution < 1.29 is 110 Å². The molecule has 0 aliphatic carbocycles. The van der Waals surface area contributed by atoms with Crippen LogP contribution >= 0.6 is 0 Å². The highest BCUT2D eigenvalue weighted by Crippen LogP contribution is 2.53. The van der Waals surface area contributed by atoms with Gasteiger partial charge in [-0.3, -0.25) is 77.1 Å². The molecule has 23 rings (SSSR count). The van der Waals surface area contributed by atoms with Crippen molar-refractivity contribution >= 4 is 212 Å². The van der Waals surface area contributed by atoms with Gasteiger partial charge < -0.3 is 0 Å². The van der Waals surface area contributed by atoms with Crippen molar-refractivity contribution in [2.24, 2.45) is 0 Å². The molecule has 0 atom stereocenters. The Morgan fingerprint density at radius 2 is 0.336 bits per heavy atom. The molecule has 674 valence electrons. The first-order valence-corrected chi connectivity index (χ1v) is 43.3. The van der Waals surface area contributed by atoms with Gasteiger partial charge in [0, 0.05) is 125 Å². The Bertz CT molecular complexity index is 7320. The topological polar surface area (TPSA) is 224 Å². The third kappa shape index (κ3) is 12.7. The fourth-order valence-electron chi connectivity index (χ4n) is 20.0. The van der Waals surface area contributed by atoms with Crippen LogP contribution in [0, 0.1) is 0 Å². The van der Waals surface area contributed by atoms with Crippen molar-refractivity contribution in [1.29, 1.82) is 0 Å². The summed E-state index contributed by atoms with van der Waals surface area (Å²) in [5.41, 5.74) is -5.78. The SMILES string of the molecule is CC.CC.CC.CCCN1C(=O)c2ccc3c4ccc5c6c(ccc(c7ccc(c2c37)C1=O)c64)C(=O)N(CCC)C5=O.CCN1C(=O)c2ccc3c4ccc5c6c(ccc(c7ccc(c2c37)C1=O)c64)C(=O)N(CC)C5=O.O=C1c2ccc3c4ccc5c6c(ccc(c7ccc(c2c37)C(=O)N1c1cc(C(F)(F)F)cc(C(F)(F)F)c1)c64)C(=O)N(c1cc(C(F)(F)F)cc(C(F)(F)F)c1)C5=O. The second kappa shape index (κ2) is 31.7. The van der Waals surface area contributed by atoms with E-state index in [1.54, 1.807) is 38.1 Å². The molecule has 6 aliphatic heterocycles.